The van der Waals surface area contributed by atoms with Gasteiger partial charge in [0.1, 0.15) is 5.82 Å². The van der Waals surface area contributed by atoms with Crippen LogP contribution in [0.5, 0.6) is 0 Å². The van der Waals surface area contributed by atoms with Crippen LogP contribution in [0, 0.1) is 13.8 Å². The minimum atomic E-state index is -0.0409. The predicted molar refractivity (Wildman–Crippen MR) is 230 cm³/mol. The molecule has 4 heteroatoms. The van der Waals surface area contributed by atoms with Gasteiger partial charge in [0.25, 0.3) is 0 Å². The van der Waals surface area contributed by atoms with Crippen molar-refractivity contribution in [3.8, 4) is 28.2 Å². The summed E-state index contributed by atoms with van der Waals surface area (Å²) >= 11 is 0. The van der Waals surface area contributed by atoms with Gasteiger partial charge in [-0.15, -0.1) is 0 Å². The third kappa shape index (κ3) is 4.83. The van der Waals surface area contributed by atoms with Gasteiger partial charge in [-0.05, 0) is 122 Å². The first-order valence-electron chi connectivity index (χ1n) is 19.6. The molecule has 0 fully saturated rings. The first-order chi connectivity index (χ1) is 24.6. The third-order valence-electron chi connectivity index (χ3n) is 12.4. The molecule has 2 aromatic heterocycles. The fourth-order valence-corrected chi connectivity index (χ4v) is 9.19. The maximum absolute atomic E-state index is 5.69. The van der Waals surface area contributed by atoms with Gasteiger partial charge >= 0.3 is 6.85 Å². The van der Waals surface area contributed by atoms with Gasteiger partial charge in [0, 0.05) is 27.6 Å². The van der Waals surface area contributed by atoms with Crippen LogP contribution in [0.25, 0.3) is 61.0 Å². The summed E-state index contributed by atoms with van der Waals surface area (Å²) in [5, 5.41) is 2.69. The lowest BCUT2D eigenvalue weighted by Crippen LogP contribution is -2.56. The van der Waals surface area contributed by atoms with Gasteiger partial charge in [-0.3, -0.25) is 0 Å². The number of hydrogen-bond donors (Lipinski definition) is 0. The summed E-state index contributed by atoms with van der Waals surface area (Å²) in [4.78, 5) is 5.69. The lowest BCUT2D eigenvalue weighted by Gasteiger charge is -2.37. The van der Waals surface area contributed by atoms with Gasteiger partial charge in [0.15, 0.2) is 0 Å². The number of aromatic nitrogens is 3. The van der Waals surface area contributed by atoms with Crippen LogP contribution in [0.1, 0.15) is 116 Å². The van der Waals surface area contributed by atoms with Crippen molar-refractivity contribution >= 4 is 50.6 Å². The molecule has 0 aliphatic carbocycles. The number of imidazole rings is 1. The SMILES string of the molecule is Cc1cccc(C)c1-c1nc2cc(C(C)(C)C)cc3c2n1B1c2c-3cc(C(C)(C)C)cc2-n2c3ccc(C(C)(C)C)cc3c3cc(C(C)(C)C)cc1c32. The number of fused-ring (bicyclic) bond motifs is 7. The molecule has 5 aromatic carbocycles. The van der Waals surface area contributed by atoms with Gasteiger partial charge in [0.2, 0.25) is 0 Å². The first kappa shape index (κ1) is 34.2. The third-order valence-corrected chi connectivity index (χ3v) is 12.4. The molecule has 0 spiro atoms. The smallest absolute Gasteiger partial charge is 0.334 e. The zero-order chi connectivity index (χ0) is 37.9. The Labute approximate surface area is 316 Å². The average molecular weight is 696 g/mol. The number of benzene rings is 5. The Balaban J connectivity index is 1.55. The molecular weight excluding hydrogens is 641 g/mol. The molecule has 4 heterocycles. The predicted octanol–water partition coefficient (Wildman–Crippen LogP) is 11.6. The molecule has 0 N–H and O–H groups in total. The van der Waals surface area contributed by atoms with Crippen LogP contribution < -0.4 is 10.9 Å². The highest BCUT2D eigenvalue weighted by molar-refractivity contribution is 6.89. The monoisotopic (exact) mass is 695 g/mol. The largest absolute Gasteiger partial charge is 0.359 e. The number of nitrogens with zero attached hydrogens (tertiary/aromatic N) is 3. The molecule has 7 aromatic rings. The van der Waals surface area contributed by atoms with Crippen LogP contribution in [0.3, 0.4) is 0 Å². The zero-order valence-corrected chi connectivity index (χ0v) is 34.3. The highest BCUT2D eigenvalue weighted by atomic mass is 15.1. The lowest BCUT2D eigenvalue weighted by molar-refractivity contribution is 0.589. The summed E-state index contributed by atoms with van der Waals surface area (Å²) in [6.07, 6.45) is 0. The van der Waals surface area contributed by atoms with Crippen molar-refractivity contribution in [3.05, 3.63) is 106 Å². The fourth-order valence-electron chi connectivity index (χ4n) is 9.19. The molecule has 2 aliphatic rings. The van der Waals surface area contributed by atoms with Crippen LogP contribution >= 0.6 is 0 Å². The first-order valence-corrected chi connectivity index (χ1v) is 19.6. The minimum absolute atomic E-state index is 0.0339. The van der Waals surface area contributed by atoms with E-state index in [4.69, 9.17) is 4.98 Å². The highest BCUT2D eigenvalue weighted by Crippen LogP contribution is 2.46. The molecule has 3 nitrogen and oxygen atoms in total. The topological polar surface area (TPSA) is 22.8 Å². The normalized spacial score (nSPS) is 14.2. The van der Waals surface area contributed by atoms with Crippen molar-refractivity contribution in [2.24, 2.45) is 0 Å². The summed E-state index contributed by atoms with van der Waals surface area (Å²) in [6, 6.07) is 28.9. The second-order valence-corrected chi connectivity index (χ2v) is 20.4. The van der Waals surface area contributed by atoms with E-state index in [2.05, 4.69) is 179 Å². The number of hydrogen-bond acceptors (Lipinski definition) is 1. The summed E-state index contributed by atoms with van der Waals surface area (Å²) in [7, 11) is 0. The van der Waals surface area contributed by atoms with Gasteiger partial charge < -0.3 is 9.05 Å². The number of aryl methyl sites for hydroxylation is 2. The maximum Gasteiger partial charge on any atom is 0.334 e. The molecule has 0 bridgehead atoms. The van der Waals surface area contributed by atoms with E-state index in [1.807, 2.05) is 0 Å². The number of rotatable bonds is 1. The summed E-state index contributed by atoms with van der Waals surface area (Å²) in [5.41, 5.74) is 20.8. The van der Waals surface area contributed by atoms with E-state index in [9.17, 15) is 0 Å². The standard InChI is InChI=1S/C49H54BN3/c1-27-16-15-17-28(2)41(27)45-51-38-25-31(48(9,10)11)23-36-34-21-32(49(12,13)14)26-40-42(34)50(53(45)44(36)38)37-24-30(47(6,7)8)22-35-33-20-29(46(3,4)5)18-19-39(33)52(40)43(35)37/h15-26H,1-14H3. The van der Waals surface area contributed by atoms with Crippen molar-refractivity contribution in [3.63, 3.8) is 0 Å². The summed E-state index contributed by atoms with van der Waals surface area (Å²) in [5.74, 6) is 1.07. The van der Waals surface area contributed by atoms with Gasteiger partial charge in [0.05, 0.1) is 22.1 Å². The van der Waals surface area contributed by atoms with E-state index >= 15 is 0 Å². The molecule has 0 radical (unpaired) electrons. The van der Waals surface area contributed by atoms with E-state index in [-0.39, 0.29) is 28.5 Å². The Hall–Kier alpha value is -4.57. The Kier molecular flexibility index (Phi) is 6.82. The summed E-state index contributed by atoms with van der Waals surface area (Å²) in [6.45, 7) is 32.6. The quantitative estimate of drug-likeness (QED) is 0.157. The molecule has 0 amide bonds. The van der Waals surface area contributed by atoms with Gasteiger partial charge in [-0.25, -0.2) is 4.98 Å². The fraction of sp³-hybridized carbons (Fsp3) is 0.367. The Morgan fingerprint density at radius 2 is 1.11 bits per heavy atom. The second-order valence-electron chi connectivity index (χ2n) is 20.4. The van der Waals surface area contributed by atoms with Crippen LogP contribution in [-0.2, 0) is 21.7 Å². The molecule has 0 unspecified atom stereocenters. The molecule has 9 rings (SSSR count). The maximum atomic E-state index is 5.69. The molecule has 0 saturated carbocycles. The lowest BCUT2D eigenvalue weighted by atomic mass is 9.45. The van der Waals surface area contributed by atoms with E-state index in [1.54, 1.807) is 0 Å². The Morgan fingerprint density at radius 3 is 1.74 bits per heavy atom. The Bertz CT molecular complexity index is 2700. The zero-order valence-electron chi connectivity index (χ0n) is 34.3. The molecular formula is C49H54BN3. The minimum Gasteiger partial charge on any atom is -0.359 e. The average Bonchev–Trinajstić information content (AvgIpc) is 3.59. The van der Waals surface area contributed by atoms with Crippen molar-refractivity contribution in [1.82, 2.24) is 14.0 Å². The van der Waals surface area contributed by atoms with Crippen LogP contribution in [-0.4, -0.2) is 20.9 Å². The summed E-state index contributed by atoms with van der Waals surface area (Å²) < 4.78 is 5.28. The van der Waals surface area contributed by atoms with E-state index in [0.29, 0.717) is 0 Å². The second kappa shape index (κ2) is 10.6. The molecule has 2 aliphatic heterocycles. The van der Waals surface area contributed by atoms with Crippen molar-refractivity contribution in [2.75, 3.05) is 0 Å². The Morgan fingerprint density at radius 1 is 0.547 bits per heavy atom. The van der Waals surface area contributed by atoms with Crippen LogP contribution in [0.2, 0.25) is 0 Å². The van der Waals surface area contributed by atoms with Gasteiger partial charge in [-0.2, -0.15) is 0 Å². The van der Waals surface area contributed by atoms with Crippen molar-refractivity contribution < 1.29 is 0 Å². The van der Waals surface area contributed by atoms with Crippen LogP contribution in [0.15, 0.2) is 72.8 Å². The van der Waals surface area contributed by atoms with Crippen molar-refractivity contribution in [1.29, 1.82) is 0 Å². The highest BCUT2D eigenvalue weighted by Gasteiger charge is 2.44. The molecule has 0 saturated heterocycles. The molecule has 53 heavy (non-hydrogen) atoms. The molecule has 268 valence electrons. The van der Waals surface area contributed by atoms with Crippen LogP contribution in [0.4, 0.5) is 0 Å². The van der Waals surface area contributed by atoms with E-state index < -0.39 is 0 Å². The van der Waals surface area contributed by atoms with E-state index in [1.165, 1.54) is 94.0 Å². The molecule has 0 atom stereocenters. The van der Waals surface area contributed by atoms with Gasteiger partial charge in [-0.1, -0.05) is 119 Å². The van der Waals surface area contributed by atoms with Crippen molar-refractivity contribution in [2.45, 2.75) is 119 Å². The van der Waals surface area contributed by atoms with E-state index in [0.717, 1.165) is 11.3 Å².